The molecule has 0 unspecified atom stereocenters. The van der Waals surface area contributed by atoms with Gasteiger partial charge in [-0.05, 0) is 45.0 Å². The van der Waals surface area contributed by atoms with Crippen LogP contribution in [0.3, 0.4) is 0 Å². The van der Waals surface area contributed by atoms with Gasteiger partial charge in [0, 0.05) is 6.10 Å². The van der Waals surface area contributed by atoms with E-state index in [1.807, 2.05) is 12.1 Å². The second-order valence-electron chi connectivity index (χ2n) is 6.73. The molecule has 118 valence electrons. The van der Waals surface area contributed by atoms with Crippen molar-refractivity contribution in [2.75, 3.05) is 0 Å². The lowest BCUT2D eigenvalue weighted by atomic mass is 10.2. The van der Waals surface area contributed by atoms with Gasteiger partial charge in [0.1, 0.15) is 0 Å². The molecule has 0 aliphatic carbocycles. The van der Waals surface area contributed by atoms with Gasteiger partial charge in [-0.3, -0.25) is 0 Å². The first-order chi connectivity index (χ1) is 10.3. The Labute approximate surface area is 135 Å². The van der Waals surface area contributed by atoms with Crippen LogP contribution >= 0.6 is 0 Å². The van der Waals surface area contributed by atoms with Gasteiger partial charge >= 0.3 is 8.56 Å². The van der Waals surface area contributed by atoms with E-state index in [4.69, 9.17) is 8.85 Å². The topological polar surface area (TPSA) is 18.5 Å². The predicted molar refractivity (Wildman–Crippen MR) is 95.0 cm³/mol. The fraction of sp³-hybridized carbons (Fsp3) is 0.368. The molecule has 0 atom stereocenters. The Morgan fingerprint density at radius 2 is 1.18 bits per heavy atom. The summed E-state index contributed by atoms with van der Waals surface area (Å²) in [6.45, 7) is 10.4. The Bertz CT molecular complexity index is 534. The van der Waals surface area contributed by atoms with Crippen LogP contribution in [-0.4, -0.2) is 20.3 Å². The maximum atomic E-state index is 6.63. The summed E-state index contributed by atoms with van der Waals surface area (Å²) in [7, 11) is -2.75. The van der Waals surface area contributed by atoms with Crippen molar-refractivity contribution < 1.29 is 8.85 Å². The highest BCUT2D eigenvalue weighted by molar-refractivity contribution is 6.92. The monoisotopic (exact) mass is 314 g/mol. The van der Waals surface area contributed by atoms with E-state index in [2.05, 4.69) is 83.1 Å². The molecule has 0 aliphatic rings. The van der Waals surface area contributed by atoms with Gasteiger partial charge in [0.2, 0.25) is 0 Å². The fourth-order valence-electron chi connectivity index (χ4n) is 2.52. The average molecular weight is 315 g/mol. The summed E-state index contributed by atoms with van der Waals surface area (Å²) < 4.78 is 13.1. The minimum absolute atomic E-state index is 0.0921. The SMILES string of the molecule is CC(C)O[Si](OC(C)(C)C)(c1ccccc1)c1ccccc1. The van der Waals surface area contributed by atoms with Crippen LogP contribution in [0.5, 0.6) is 0 Å². The molecule has 0 aliphatic heterocycles. The van der Waals surface area contributed by atoms with Gasteiger partial charge in [0.25, 0.3) is 0 Å². The summed E-state index contributed by atoms with van der Waals surface area (Å²) in [6.07, 6.45) is 0.0921. The van der Waals surface area contributed by atoms with Crippen LogP contribution in [0.15, 0.2) is 60.7 Å². The molecular formula is C19H26O2Si. The summed E-state index contributed by atoms with van der Waals surface area (Å²) in [5, 5.41) is 2.29. The summed E-state index contributed by atoms with van der Waals surface area (Å²) in [5.41, 5.74) is -0.285. The zero-order valence-electron chi connectivity index (χ0n) is 14.2. The van der Waals surface area contributed by atoms with Gasteiger partial charge in [-0.25, -0.2) is 0 Å². The van der Waals surface area contributed by atoms with E-state index < -0.39 is 8.56 Å². The summed E-state index contributed by atoms with van der Waals surface area (Å²) in [6, 6.07) is 20.7. The molecule has 2 aromatic carbocycles. The van der Waals surface area contributed by atoms with Crippen LogP contribution in [0.4, 0.5) is 0 Å². The molecule has 2 rings (SSSR count). The molecule has 0 heterocycles. The lowest BCUT2D eigenvalue weighted by Crippen LogP contribution is -2.66. The van der Waals surface area contributed by atoms with Crippen molar-refractivity contribution in [1.82, 2.24) is 0 Å². The molecule has 0 amide bonds. The largest absolute Gasteiger partial charge is 0.407 e. The summed E-state index contributed by atoms with van der Waals surface area (Å²) >= 11 is 0. The van der Waals surface area contributed by atoms with Gasteiger partial charge in [0.15, 0.2) is 0 Å². The third-order valence-electron chi connectivity index (χ3n) is 3.16. The molecule has 0 fully saturated rings. The molecule has 0 bridgehead atoms. The first kappa shape index (κ1) is 16.9. The predicted octanol–water partition coefficient (Wildman–Crippen LogP) is 3.48. The maximum Gasteiger partial charge on any atom is 0.407 e. The van der Waals surface area contributed by atoms with Crippen LogP contribution in [0.2, 0.25) is 0 Å². The average Bonchev–Trinajstić information content (AvgIpc) is 2.46. The van der Waals surface area contributed by atoms with Crippen molar-refractivity contribution in [2.24, 2.45) is 0 Å². The summed E-state index contributed by atoms with van der Waals surface area (Å²) in [5.74, 6) is 0. The highest BCUT2D eigenvalue weighted by Crippen LogP contribution is 2.20. The Morgan fingerprint density at radius 3 is 1.50 bits per heavy atom. The third kappa shape index (κ3) is 4.06. The van der Waals surface area contributed by atoms with E-state index >= 15 is 0 Å². The van der Waals surface area contributed by atoms with Crippen molar-refractivity contribution in [3.63, 3.8) is 0 Å². The molecule has 0 N–H and O–H groups in total. The molecule has 3 heteroatoms. The Morgan fingerprint density at radius 1 is 0.773 bits per heavy atom. The van der Waals surface area contributed by atoms with Gasteiger partial charge in [-0.15, -0.1) is 0 Å². The minimum Gasteiger partial charge on any atom is -0.385 e. The Hall–Kier alpha value is -1.42. The van der Waals surface area contributed by atoms with Crippen LogP contribution in [0, 0.1) is 0 Å². The van der Waals surface area contributed by atoms with E-state index in [9.17, 15) is 0 Å². The molecule has 0 saturated heterocycles. The van der Waals surface area contributed by atoms with E-state index in [0.29, 0.717) is 0 Å². The second-order valence-corrected chi connectivity index (χ2v) is 9.56. The van der Waals surface area contributed by atoms with Crippen molar-refractivity contribution >= 4 is 18.9 Å². The van der Waals surface area contributed by atoms with Gasteiger partial charge in [0.05, 0.1) is 5.60 Å². The van der Waals surface area contributed by atoms with Crippen molar-refractivity contribution in [1.29, 1.82) is 0 Å². The molecule has 2 nitrogen and oxygen atoms in total. The van der Waals surface area contributed by atoms with E-state index in [1.165, 1.54) is 0 Å². The number of benzene rings is 2. The van der Waals surface area contributed by atoms with E-state index in [-0.39, 0.29) is 11.7 Å². The van der Waals surface area contributed by atoms with Gasteiger partial charge < -0.3 is 8.85 Å². The molecular weight excluding hydrogens is 288 g/mol. The number of rotatable bonds is 5. The Balaban J connectivity index is 2.63. The highest BCUT2D eigenvalue weighted by Gasteiger charge is 2.46. The van der Waals surface area contributed by atoms with Crippen LogP contribution in [0.1, 0.15) is 34.6 Å². The zero-order valence-corrected chi connectivity index (χ0v) is 15.2. The molecule has 0 saturated carbocycles. The fourth-order valence-corrected chi connectivity index (χ4v) is 6.20. The molecule has 0 spiro atoms. The number of hydrogen-bond acceptors (Lipinski definition) is 2. The van der Waals surface area contributed by atoms with Gasteiger partial charge in [-0.1, -0.05) is 60.7 Å². The second kappa shape index (κ2) is 6.78. The highest BCUT2D eigenvalue weighted by atomic mass is 28.4. The van der Waals surface area contributed by atoms with E-state index in [0.717, 1.165) is 10.4 Å². The molecule has 0 aromatic heterocycles. The van der Waals surface area contributed by atoms with Crippen molar-refractivity contribution in [3.8, 4) is 0 Å². The maximum absolute atomic E-state index is 6.63. The van der Waals surface area contributed by atoms with Gasteiger partial charge in [-0.2, -0.15) is 0 Å². The minimum atomic E-state index is -2.75. The first-order valence-corrected chi connectivity index (χ1v) is 9.64. The number of hydrogen-bond donors (Lipinski definition) is 0. The van der Waals surface area contributed by atoms with Crippen LogP contribution < -0.4 is 10.4 Å². The lowest BCUT2D eigenvalue weighted by molar-refractivity contribution is 0.0642. The molecule has 22 heavy (non-hydrogen) atoms. The van der Waals surface area contributed by atoms with E-state index in [1.54, 1.807) is 0 Å². The van der Waals surface area contributed by atoms with Crippen molar-refractivity contribution in [3.05, 3.63) is 60.7 Å². The molecule has 2 aromatic rings. The van der Waals surface area contributed by atoms with Crippen molar-refractivity contribution in [2.45, 2.75) is 46.3 Å². The standard InChI is InChI=1S/C19H26O2Si/c1-16(2)20-22(21-19(3,4)5,17-12-8-6-9-13-17)18-14-10-7-11-15-18/h6-16H,1-5H3. The summed E-state index contributed by atoms with van der Waals surface area (Å²) in [4.78, 5) is 0. The lowest BCUT2D eigenvalue weighted by Gasteiger charge is -2.38. The van der Waals surface area contributed by atoms with Crippen LogP contribution in [0.25, 0.3) is 0 Å². The third-order valence-corrected chi connectivity index (χ3v) is 7.05. The Kier molecular flexibility index (Phi) is 5.22. The molecule has 0 radical (unpaired) electrons. The first-order valence-electron chi connectivity index (χ1n) is 7.82. The smallest absolute Gasteiger partial charge is 0.385 e. The zero-order chi connectivity index (χ0) is 16.2. The normalized spacial score (nSPS) is 12.6. The van der Waals surface area contributed by atoms with Crippen LogP contribution in [-0.2, 0) is 8.85 Å². The quantitative estimate of drug-likeness (QED) is 0.787.